The van der Waals surface area contributed by atoms with Crippen LogP contribution in [0.15, 0.2) is 73.4 Å². The Morgan fingerprint density at radius 2 is 1.36 bits per heavy atom. The van der Waals surface area contributed by atoms with Crippen LogP contribution in [0.3, 0.4) is 0 Å². The first kappa shape index (κ1) is 34.2. The van der Waals surface area contributed by atoms with Crippen LogP contribution in [-0.4, -0.2) is 34.7 Å². The number of hydrogen-bond donors (Lipinski definition) is 2. The van der Waals surface area contributed by atoms with E-state index in [-0.39, 0.29) is 11.5 Å². The summed E-state index contributed by atoms with van der Waals surface area (Å²) in [4.78, 5) is 30.4. The molecule has 0 saturated carbocycles. The minimum atomic E-state index is -0.935. The highest BCUT2D eigenvalue weighted by Gasteiger charge is 2.01. The van der Waals surface area contributed by atoms with E-state index in [0.29, 0.717) is 24.2 Å². The van der Waals surface area contributed by atoms with Crippen LogP contribution in [-0.2, 0) is 19.1 Å². The summed E-state index contributed by atoms with van der Waals surface area (Å²) in [5.41, 5.74) is 2.13. The molecule has 1 aromatic carbocycles. The predicted octanol–water partition coefficient (Wildman–Crippen LogP) is 6.70. The highest BCUT2D eigenvalue weighted by molar-refractivity contribution is 5.87. The van der Waals surface area contributed by atoms with Crippen molar-refractivity contribution in [1.29, 1.82) is 0 Å². The largest absolute Gasteiger partial charge is 0.478 e. The number of hydrogen-bond acceptors (Lipinski definition) is 4. The van der Waals surface area contributed by atoms with Gasteiger partial charge < -0.3 is 14.9 Å². The van der Waals surface area contributed by atoms with Gasteiger partial charge in [-0.3, -0.25) is 0 Å². The quantitative estimate of drug-likeness (QED) is 0.229. The van der Waals surface area contributed by atoms with Gasteiger partial charge in [0, 0.05) is 16.7 Å². The molecule has 33 heavy (non-hydrogen) atoms. The number of carbonyl (C=O) groups excluding carboxylic acids is 1. The molecule has 0 aliphatic carbocycles. The van der Waals surface area contributed by atoms with Gasteiger partial charge in [0.05, 0.1) is 6.61 Å². The van der Waals surface area contributed by atoms with Gasteiger partial charge in [0.1, 0.15) is 0 Å². The summed E-state index contributed by atoms with van der Waals surface area (Å²) in [5.74, 6) is -2.09. The Morgan fingerprint density at radius 3 is 1.67 bits per heavy atom. The Balaban J connectivity index is -0.000000369. The molecule has 0 aromatic heterocycles. The van der Waals surface area contributed by atoms with E-state index >= 15 is 0 Å². The number of esters is 1. The van der Waals surface area contributed by atoms with Gasteiger partial charge in [-0.15, -0.1) is 0 Å². The second kappa shape index (κ2) is 23.3. The standard InChI is InChI=1S/C8H14O2.C8H8.C7H12O2.C4H6O2/c1-4-5-6-10-8(9)7(2)3;1-2-8-6-4-3-5-7-8;1-3-4-5-6(2)7(8)9;1-3(2)4(5)6/h2,4-6H2,1,3H3;2-7H,1H2;2-5H2,1H3,(H,8,9);1H2,2H3,(H,5,6). The lowest BCUT2D eigenvalue weighted by Crippen LogP contribution is -2.05. The highest BCUT2D eigenvalue weighted by atomic mass is 16.5. The van der Waals surface area contributed by atoms with Gasteiger partial charge in [0.25, 0.3) is 0 Å². The molecule has 184 valence electrons. The molecule has 0 spiro atoms. The average molecular weight is 461 g/mol. The Morgan fingerprint density at radius 1 is 0.879 bits per heavy atom. The number of carbonyl (C=O) groups is 3. The lowest BCUT2D eigenvalue weighted by atomic mass is 10.1. The third-order valence-corrected chi connectivity index (χ3v) is 3.61. The molecule has 0 heterocycles. The van der Waals surface area contributed by atoms with E-state index in [1.54, 1.807) is 6.92 Å². The summed E-state index contributed by atoms with van der Waals surface area (Å²) >= 11 is 0. The fourth-order valence-corrected chi connectivity index (χ4v) is 1.52. The van der Waals surface area contributed by atoms with Gasteiger partial charge in [-0.25, -0.2) is 14.4 Å². The van der Waals surface area contributed by atoms with Crippen LogP contribution in [0.2, 0.25) is 0 Å². The van der Waals surface area contributed by atoms with E-state index < -0.39 is 11.9 Å². The number of carboxylic acid groups (broad SMARTS) is 2. The zero-order valence-electron chi connectivity index (χ0n) is 20.6. The topological polar surface area (TPSA) is 101 Å². The summed E-state index contributed by atoms with van der Waals surface area (Å²) in [6.07, 6.45) is 6.37. The maximum absolute atomic E-state index is 10.7. The van der Waals surface area contributed by atoms with Crippen molar-refractivity contribution in [2.45, 2.75) is 59.8 Å². The van der Waals surface area contributed by atoms with Crippen molar-refractivity contribution in [3.05, 3.63) is 78.9 Å². The van der Waals surface area contributed by atoms with Crippen molar-refractivity contribution in [1.82, 2.24) is 0 Å². The zero-order valence-corrected chi connectivity index (χ0v) is 20.6. The second-order valence-electron chi connectivity index (χ2n) is 6.98. The Kier molecular flexibility index (Phi) is 24.1. The molecule has 0 bridgehead atoms. The molecule has 1 rings (SSSR count). The van der Waals surface area contributed by atoms with Gasteiger partial charge in [-0.1, -0.05) is 89.4 Å². The Bertz CT molecular complexity index is 735. The smallest absolute Gasteiger partial charge is 0.333 e. The van der Waals surface area contributed by atoms with Crippen molar-refractivity contribution < 1.29 is 29.3 Å². The molecule has 0 amide bonds. The molecule has 0 aliphatic heterocycles. The molecule has 0 aliphatic rings. The number of aliphatic carboxylic acids is 2. The van der Waals surface area contributed by atoms with E-state index in [4.69, 9.17) is 14.9 Å². The van der Waals surface area contributed by atoms with Crippen LogP contribution in [0.1, 0.15) is 65.4 Å². The lowest BCUT2D eigenvalue weighted by Gasteiger charge is -2.01. The van der Waals surface area contributed by atoms with E-state index in [1.165, 1.54) is 12.5 Å². The molecule has 0 atom stereocenters. The summed E-state index contributed by atoms with van der Waals surface area (Å²) in [6.45, 7) is 21.3. The van der Waals surface area contributed by atoms with E-state index in [2.05, 4.69) is 33.2 Å². The molecule has 0 saturated heterocycles. The minimum Gasteiger partial charge on any atom is -0.478 e. The van der Waals surface area contributed by atoms with Gasteiger partial charge in [0.2, 0.25) is 0 Å². The first-order valence-electron chi connectivity index (χ1n) is 10.7. The van der Waals surface area contributed by atoms with Crippen molar-refractivity contribution >= 4 is 24.0 Å². The fourth-order valence-electron chi connectivity index (χ4n) is 1.52. The van der Waals surface area contributed by atoms with E-state index in [1.807, 2.05) is 43.3 Å². The van der Waals surface area contributed by atoms with Crippen molar-refractivity contribution in [2.24, 2.45) is 0 Å². The molecule has 6 nitrogen and oxygen atoms in total. The molecular weight excluding hydrogens is 420 g/mol. The zero-order chi connectivity index (χ0) is 26.2. The fraction of sp³-hybridized carbons (Fsp3) is 0.370. The van der Waals surface area contributed by atoms with Gasteiger partial charge >= 0.3 is 17.9 Å². The normalized spacial score (nSPS) is 8.61. The number of rotatable bonds is 10. The molecule has 1 aromatic rings. The van der Waals surface area contributed by atoms with Gasteiger partial charge in [-0.2, -0.15) is 0 Å². The summed E-state index contributed by atoms with van der Waals surface area (Å²) < 4.78 is 4.81. The molecule has 0 fully saturated rings. The number of ether oxygens (including phenoxy) is 1. The third kappa shape index (κ3) is 26.6. The molecular formula is C27H40O6. The highest BCUT2D eigenvalue weighted by Crippen LogP contribution is 2.03. The van der Waals surface area contributed by atoms with Gasteiger partial charge in [-0.05, 0) is 38.7 Å². The third-order valence-electron chi connectivity index (χ3n) is 3.61. The SMILES string of the molecule is C=C(C)C(=O)O.C=C(C)C(=O)OCCCC.C=C(CCCC)C(=O)O.C=Cc1ccccc1. The summed E-state index contributed by atoms with van der Waals surface area (Å²) in [6, 6.07) is 10.0. The molecule has 6 heteroatoms. The first-order chi connectivity index (χ1) is 15.4. The van der Waals surface area contributed by atoms with Crippen LogP contribution >= 0.6 is 0 Å². The second-order valence-corrected chi connectivity index (χ2v) is 6.98. The predicted molar refractivity (Wildman–Crippen MR) is 136 cm³/mol. The molecule has 0 radical (unpaired) electrons. The number of unbranched alkanes of at least 4 members (excludes halogenated alkanes) is 2. The van der Waals surface area contributed by atoms with Crippen LogP contribution in [0.5, 0.6) is 0 Å². The van der Waals surface area contributed by atoms with Crippen molar-refractivity contribution in [3.8, 4) is 0 Å². The number of benzene rings is 1. The summed E-state index contributed by atoms with van der Waals surface area (Å²) in [5, 5.41) is 16.2. The maximum Gasteiger partial charge on any atom is 0.333 e. The molecule has 2 N–H and O–H groups in total. The summed E-state index contributed by atoms with van der Waals surface area (Å²) in [7, 11) is 0. The maximum atomic E-state index is 10.7. The molecule has 0 unspecified atom stereocenters. The monoisotopic (exact) mass is 460 g/mol. The van der Waals surface area contributed by atoms with Crippen LogP contribution < -0.4 is 0 Å². The van der Waals surface area contributed by atoms with Crippen LogP contribution in [0, 0.1) is 0 Å². The first-order valence-corrected chi connectivity index (χ1v) is 10.7. The van der Waals surface area contributed by atoms with E-state index in [0.717, 1.165) is 25.7 Å². The Labute approximate surface area is 199 Å². The van der Waals surface area contributed by atoms with E-state index in [9.17, 15) is 14.4 Å². The van der Waals surface area contributed by atoms with Gasteiger partial charge in [0.15, 0.2) is 0 Å². The van der Waals surface area contributed by atoms with Crippen molar-refractivity contribution in [2.75, 3.05) is 6.61 Å². The minimum absolute atomic E-state index is 0.176. The average Bonchev–Trinajstić information content (AvgIpc) is 2.79. The van der Waals surface area contributed by atoms with Crippen LogP contribution in [0.25, 0.3) is 6.08 Å². The van der Waals surface area contributed by atoms with Crippen molar-refractivity contribution in [3.63, 3.8) is 0 Å². The lowest BCUT2D eigenvalue weighted by molar-refractivity contribution is -0.139. The number of carboxylic acids is 2. The van der Waals surface area contributed by atoms with Crippen LogP contribution in [0.4, 0.5) is 0 Å². The Hall–Kier alpha value is -3.41.